The van der Waals surface area contributed by atoms with Crippen LogP contribution in [0.25, 0.3) is 0 Å². The maximum atomic E-state index is 10.6. The standard InChI is InChI=1S/C11H12N4O2/c1-14-11(5-6-13-14)8-12-9-3-2-4-10(7-9)15(16)17/h2-7,12H,8H2,1H3. The molecule has 0 saturated carbocycles. The maximum absolute atomic E-state index is 10.6. The summed E-state index contributed by atoms with van der Waals surface area (Å²) in [6.07, 6.45) is 1.71. The first-order valence-electron chi connectivity index (χ1n) is 5.12. The third-order valence-corrected chi connectivity index (χ3v) is 2.45. The highest BCUT2D eigenvalue weighted by Gasteiger charge is 2.05. The van der Waals surface area contributed by atoms with Crippen LogP contribution in [0.4, 0.5) is 11.4 Å². The first-order chi connectivity index (χ1) is 8.16. The molecule has 0 saturated heterocycles. The monoisotopic (exact) mass is 232 g/mol. The number of nitro groups is 1. The van der Waals surface area contributed by atoms with Crippen LogP contribution >= 0.6 is 0 Å². The van der Waals surface area contributed by atoms with E-state index < -0.39 is 4.92 Å². The molecule has 2 rings (SSSR count). The lowest BCUT2D eigenvalue weighted by molar-refractivity contribution is -0.384. The second-order valence-electron chi connectivity index (χ2n) is 3.61. The Balaban J connectivity index is 2.07. The number of aromatic nitrogens is 2. The molecule has 17 heavy (non-hydrogen) atoms. The van der Waals surface area contributed by atoms with Crippen LogP contribution in [-0.2, 0) is 13.6 Å². The Morgan fingerprint density at radius 3 is 2.94 bits per heavy atom. The number of nitrogens with one attached hydrogen (secondary N) is 1. The Labute approximate surface area is 98.0 Å². The highest BCUT2D eigenvalue weighted by atomic mass is 16.6. The van der Waals surface area contributed by atoms with Crippen molar-refractivity contribution in [1.82, 2.24) is 9.78 Å². The van der Waals surface area contributed by atoms with Gasteiger partial charge in [-0.2, -0.15) is 5.10 Å². The molecule has 0 radical (unpaired) electrons. The number of anilines is 1. The van der Waals surface area contributed by atoms with E-state index in [0.717, 1.165) is 11.4 Å². The molecule has 0 spiro atoms. The SMILES string of the molecule is Cn1nccc1CNc1cccc([N+](=O)[O-])c1. The largest absolute Gasteiger partial charge is 0.379 e. The molecule has 0 aliphatic carbocycles. The first kappa shape index (κ1) is 11.1. The average Bonchev–Trinajstić information content (AvgIpc) is 2.72. The molecule has 2 aromatic rings. The van der Waals surface area contributed by atoms with Crippen LogP contribution in [0.5, 0.6) is 0 Å². The van der Waals surface area contributed by atoms with E-state index in [4.69, 9.17) is 0 Å². The molecule has 88 valence electrons. The quantitative estimate of drug-likeness (QED) is 0.645. The highest BCUT2D eigenvalue weighted by Crippen LogP contribution is 2.17. The van der Waals surface area contributed by atoms with Gasteiger partial charge >= 0.3 is 0 Å². The summed E-state index contributed by atoms with van der Waals surface area (Å²) in [5.74, 6) is 0. The minimum absolute atomic E-state index is 0.0833. The van der Waals surface area contributed by atoms with Gasteiger partial charge in [-0.1, -0.05) is 6.07 Å². The number of nitrogens with zero attached hydrogens (tertiary/aromatic N) is 3. The fourth-order valence-corrected chi connectivity index (χ4v) is 1.50. The molecule has 1 aromatic carbocycles. The van der Waals surface area contributed by atoms with E-state index in [0.29, 0.717) is 6.54 Å². The number of hydrogen-bond acceptors (Lipinski definition) is 4. The van der Waals surface area contributed by atoms with E-state index >= 15 is 0 Å². The van der Waals surface area contributed by atoms with Crippen LogP contribution in [0, 0.1) is 10.1 Å². The Hall–Kier alpha value is -2.37. The van der Waals surface area contributed by atoms with E-state index in [1.165, 1.54) is 12.1 Å². The first-order valence-corrected chi connectivity index (χ1v) is 5.12. The lowest BCUT2D eigenvalue weighted by Gasteiger charge is -2.06. The minimum atomic E-state index is -0.407. The van der Waals surface area contributed by atoms with Crippen molar-refractivity contribution in [2.24, 2.45) is 7.05 Å². The molecule has 0 aliphatic rings. The molecule has 0 aliphatic heterocycles. The van der Waals surface area contributed by atoms with Gasteiger partial charge in [0.05, 0.1) is 17.2 Å². The molecule has 1 heterocycles. The van der Waals surface area contributed by atoms with Crippen molar-refractivity contribution < 1.29 is 4.92 Å². The normalized spacial score (nSPS) is 10.2. The lowest BCUT2D eigenvalue weighted by atomic mass is 10.3. The Morgan fingerprint density at radius 2 is 2.29 bits per heavy atom. The van der Waals surface area contributed by atoms with Gasteiger partial charge in [-0.05, 0) is 12.1 Å². The number of hydrogen-bond donors (Lipinski definition) is 1. The molecule has 1 N–H and O–H groups in total. The summed E-state index contributed by atoms with van der Waals surface area (Å²) in [6, 6.07) is 8.32. The fourth-order valence-electron chi connectivity index (χ4n) is 1.50. The van der Waals surface area contributed by atoms with Gasteiger partial charge < -0.3 is 5.32 Å². The number of rotatable bonds is 4. The molecule has 0 amide bonds. The van der Waals surface area contributed by atoms with Gasteiger partial charge in [0.2, 0.25) is 0 Å². The van der Waals surface area contributed by atoms with Crippen molar-refractivity contribution in [2.75, 3.05) is 5.32 Å². The van der Waals surface area contributed by atoms with E-state index in [2.05, 4.69) is 10.4 Å². The zero-order valence-corrected chi connectivity index (χ0v) is 9.33. The number of benzene rings is 1. The third-order valence-electron chi connectivity index (χ3n) is 2.45. The van der Waals surface area contributed by atoms with Crippen molar-refractivity contribution in [3.63, 3.8) is 0 Å². The second kappa shape index (κ2) is 4.65. The summed E-state index contributed by atoms with van der Waals surface area (Å²) in [7, 11) is 1.85. The fraction of sp³-hybridized carbons (Fsp3) is 0.182. The Morgan fingerprint density at radius 1 is 1.47 bits per heavy atom. The van der Waals surface area contributed by atoms with Gasteiger partial charge in [0.15, 0.2) is 0 Å². The van der Waals surface area contributed by atoms with E-state index in [-0.39, 0.29) is 5.69 Å². The average molecular weight is 232 g/mol. The van der Waals surface area contributed by atoms with Gasteiger partial charge in [-0.3, -0.25) is 14.8 Å². The van der Waals surface area contributed by atoms with E-state index in [9.17, 15) is 10.1 Å². The highest BCUT2D eigenvalue weighted by molar-refractivity contribution is 5.50. The third kappa shape index (κ3) is 2.60. The second-order valence-corrected chi connectivity index (χ2v) is 3.61. The summed E-state index contributed by atoms with van der Waals surface area (Å²) < 4.78 is 1.75. The van der Waals surface area contributed by atoms with Gasteiger partial charge in [0.1, 0.15) is 0 Å². The maximum Gasteiger partial charge on any atom is 0.271 e. The summed E-state index contributed by atoms with van der Waals surface area (Å²) in [4.78, 5) is 10.2. The molecule has 0 unspecified atom stereocenters. The van der Waals surface area contributed by atoms with Gasteiger partial charge in [-0.15, -0.1) is 0 Å². The topological polar surface area (TPSA) is 73.0 Å². The van der Waals surface area contributed by atoms with Crippen LogP contribution in [0.2, 0.25) is 0 Å². The summed E-state index contributed by atoms with van der Waals surface area (Å²) in [6.45, 7) is 0.581. The molecule has 0 fully saturated rings. The van der Waals surface area contributed by atoms with Gasteiger partial charge in [0.25, 0.3) is 5.69 Å². The van der Waals surface area contributed by atoms with Crippen molar-refractivity contribution >= 4 is 11.4 Å². The minimum Gasteiger partial charge on any atom is -0.379 e. The van der Waals surface area contributed by atoms with Crippen molar-refractivity contribution in [3.8, 4) is 0 Å². The summed E-state index contributed by atoms with van der Waals surface area (Å²) in [5.41, 5.74) is 1.82. The van der Waals surface area contributed by atoms with Crippen LogP contribution in [0.1, 0.15) is 5.69 Å². The van der Waals surface area contributed by atoms with Crippen LogP contribution in [-0.4, -0.2) is 14.7 Å². The van der Waals surface area contributed by atoms with Crippen LogP contribution in [0.15, 0.2) is 36.5 Å². The zero-order valence-electron chi connectivity index (χ0n) is 9.33. The molecule has 0 atom stereocenters. The summed E-state index contributed by atoms with van der Waals surface area (Å²) in [5, 5.41) is 17.8. The Bertz CT molecular complexity index is 536. The van der Waals surface area contributed by atoms with Crippen LogP contribution < -0.4 is 5.32 Å². The number of non-ortho nitro benzene ring substituents is 1. The number of aryl methyl sites for hydroxylation is 1. The smallest absolute Gasteiger partial charge is 0.271 e. The van der Waals surface area contributed by atoms with Gasteiger partial charge in [-0.25, -0.2) is 0 Å². The molecule has 1 aromatic heterocycles. The number of nitro benzene ring substituents is 1. The van der Waals surface area contributed by atoms with Crippen molar-refractivity contribution in [1.29, 1.82) is 0 Å². The van der Waals surface area contributed by atoms with Crippen molar-refractivity contribution in [2.45, 2.75) is 6.54 Å². The summed E-state index contributed by atoms with van der Waals surface area (Å²) >= 11 is 0. The zero-order chi connectivity index (χ0) is 12.3. The predicted molar refractivity (Wildman–Crippen MR) is 63.6 cm³/mol. The predicted octanol–water partition coefficient (Wildman–Crippen LogP) is 1.94. The molecule has 6 heteroatoms. The molecule has 0 bridgehead atoms. The Kier molecular flexibility index (Phi) is 3.04. The van der Waals surface area contributed by atoms with Gasteiger partial charge in [0, 0.05) is 31.1 Å². The molecule has 6 nitrogen and oxygen atoms in total. The molecular formula is C11H12N4O2. The van der Waals surface area contributed by atoms with Crippen molar-refractivity contribution in [3.05, 3.63) is 52.3 Å². The van der Waals surface area contributed by atoms with E-state index in [1.54, 1.807) is 23.0 Å². The van der Waals surface area contributed by atoms with E-state index in [1.807, 2.05) is 13.1 Å². The molecular weight excluding hydrogens is 220 g/mol. The lowest BCUT2D eigenvalue weighted by Crippen LogP contribution is -2.05. The van der Waals surface area contributed by atoms with Crippen LogP contribution in [0.3, 0.4) is 0 Å².